The SMILES string of the molecule is NC(=O)c1cnc(N2CC3CC2CN3c2cccc(C(F)(F)F)c2)nc1. The average molecular weight is 363 g/mol. The predicted octanol–water partition coefficient (Wildman–Crippen LogP) is 2.06. The van der Waals surface area contributed by atoms with Crippen molar-refractivity contribution in [2.75, 3.05) is 22.9 Å². The second-order valence-electron chi connectivity index (χ2n) is 6.53. The molecule has 2 N–H and O–H groups in total. The normalized spacial score (nSPS) is 22.1. The third-order valence-corrected chi connectivity index (χ3v) is 4.93. The number of halogens is 3. The largest absolute Gasteiger partial charge is 0.416 e. The van der Waals surface area contributed by atoms with Crippen LogP contribution < -0.4 is 15.5 Å². The minimum atomic E-state index is -4.35. The van der Waals surface area contributed by atoms with E-state index >= 15 is 0 Å². The van der Waals surface area contributed by atoms with Crippen molar-refractivity contribution in [3.8, 4) is 0 Å². The van der Waals surface area contributed by atoms with Crippen LogP contribution in [0.4, 0.5) is 24.8 Å². The number of nitrogens with zero attached hydrogens (tertiary/aromatic N) is 4. The molecule has 2 fully saturated rings. The maximum Gasteiger partial charge on any atom is 0.416 e. The lowest BCUT2D eigenvalue weighted by atomic mass is 10.1. The highest BCUT2D eigenvalue weighted by Crippen LogP contribution is 2.38. The first-order chi connectivity index (χ1) is 12.3. The lowest BCUT2D eigenvalue weighted by molar-refractivity contribution is -0.137. The van der Waals surface area contributed by atoms with Crippen LogP contribution in [0.1, 0.15) is 22.3 Å². The standard InChI is InChI=1S/C17H16F3N5O/c18-17(19,20)11-2-1-3-12(4-11)24-8-14-5-13(24)9-25(14)16-22-6-10(7-23-16)15(21)26/h1-4,6-7,13-14H,5,8-9H2,(H2,21,26). The molecule has 26 heavy (non-hydrogen) atoms. The van der Waals surface area contributed by atoms with Gasteiger partial charge in [-0.3, -0.25) is 4.79 Å². The van der Waals surface area contributed by atoms with E-state index in [1.807, 2.05) is 9.80 Å². The lowest BCUT2D eigenvalue weighted by Gasteiger charge is -2.35. The van der Waals surface area contributed by atoms with Gasteiger partial charge in [0.2, 0.25) is 5.95 Å². The van der Waals surface area contributed by atoms with Gasteiger partial charge < -0.3 is 15.5 Å². The van der Waals surface area contributed by atoms with E-state index in [9.17, 15) is 18.0 Å². The predicted molar refractivity (Wildman–Crippen MR) is 88.9 cm³/mol. The molecule has 2 bridgehead atoms. The molecular weight excluding hydrogens is 347 g/mol. The van der Waals surface area contributed by atoms with Crippen LogP contribution in [0.25, 0.3) is 0 Å². The molecule has 0 aliphatic carbocycles. The molecule has 6 nitrogen and oxygen atoms in total. The highest BCUT2D eigenvalue weighted by Gasteiger charge is 2.44. The molecule has 2 aromatic rings. The zero-order valence-electron chi connectivity index (χ0n) is 13.6. The smallest absolute Gasteiger partial charge is 0.366 e. The first kappa shape index (κ1) is 16.6. The van der Waals surface area contributed by atoms with E-state index in [0.29, 0.717) is 24.7 Å². The average Bonchev–Trinajstić information content (AvgIpc) is 3.22. The van der Waals surface area contributed by atoms with Gasteiger partial charge in [-0.2, -0.15) is 13.2 Å². The number of carbonyl (C=O) groups is 1. The lowest BCUT2D eigenvalue weighted by Crippen LogP contribution is -2.47. The number of primary amides is 1. The molecule has 0 spiro atoms. The molecule has 1 amide bonds. The highest BCUT2D eigenvalue weighted by molar-refractivity contribution is 5.92. The summed E-state index contributed by atoms with van der Waals surface area (Å²) < 4.78 is 38.8. The summed E-state index contributed by atoms with van der Waals surface area (Å²) in [5, 5.41) is 0. The van der Waals surface area contributed by atoms with Gasteiger partial charge in [-0.05, 0) is 24.6 Å². The Hall–Kier alpha value is -2.84. The molecule has 1 aromatic heterocycles. The van der Waals surface area contributed by atoms with E-state index in [2.05, 4.69) is 9.97 Å². The van der Waals surface area contributed by atoms with Crippen molar-refractivity contribution in [3.05, 3.63) is 47.8 Å². The van der Waals surface area contributed by atoms with E-state index in [4.69, 9.17) is 5.73 Å². The summed E-state index contributed by atoms with van der Waals surface area (Å²) in [7, 11) is 0. The Morgan fingerprint density at radius 2 is 1.77 bits per heavy atom. The number of anilines is 2. The van der Waals surface area contributed by atoms with Crippen molar-refractivity contribution in [1.82, 2.24) is 9.97 Å². The Bertz CT molecular complexity index is 839. The van der Waals surface area contributed by atoms with Crippen molar-refractivity contribution < 1.29 is 18.0 Å². The van der Waals surface area contributed by atoms with Crippen molar-refractivity contribution in [3.63, 3.8) is 0 Å². The Balaban J connectivity index is 1.51. The van der Waals surface area contributed by atoms with Crippen LogP contribution in [0.2, 0.25) is 0 Å². The van der Waals surface area contributed by atoms with Crippen LogP contribution in [0.3, 0.4) is 0 Å². The summed E-state index contributed by atoms with van der Waals surface area (Å²) in [5.74, 6) is -0.0820. The fourth-order valence-corrected chi connectivity index (χ4v) is 3.69. The molecular formula is C17H16F3N5O. The van der Waals surface area contributed by atoms with Gasteiger partial charge in [0, 0.05) is 37.2 Å². The van der Waals surface area contributed by atoms with Gasteiger partial charge in [0.1, 0.15) is 0 Å². The Labute approximate surface area is 147 Å². The van der Waals surface area contributed by atoms with Gasteiger partial charge in [-0.1, -0.05) is 6.07 Å². The molecule has 2 atom stereocenters. The minimum absolute atomic E-state index is 0.0999. The number of piperazine rings is 1. The summed E-state index contributed by atoms with van der Waals surface area (Å²) in [6.45, 7) is 1.23. The Morgan fingerprint density at radius 1 is 1.12 bits per heavy atom. The second kappa shape index (κ2) is 5.86. The zero-order valence-corrected chi connectivity index (χ0v) is 13.6. The number of alkyl halides is 3. The highest BCUT2D eigenvalue weighted by atomic mass is 19.4. The van der Waals surface area contributed by atoms with Gasteiger partial charge in [0.05, 0.1) is 17.2 Å². The van der Waals surface area contributed by atoms with Crippen LogP contribution in [0.5, 0.6) is 0 Å². The summed E-state index contributed by atoms with van der Waals surface area (Å²) in [6.07, 6.45) is -0.740. The topological polar surface area (TPSA) is 75.4 Å². The first-order valence-corrected chi connectivity index (χ1v) is 8.15. The molecule has 2 aliphatic heterocycles. The number of hydrogen-bond acceptors (Lipinski definition) is 5. The quantitative estimate of drug-likeness (QED) is 0.904. The Kier molecular flexibility index (Phi) is 3.74. The van der Waals surface area contributed by atoms with Crippen molar-refractivity contribution in [2.24, 2.45) is 5.73 Å². The number of rotatable bonds is 3. The summed E-state index contributed by atoms with van der Waals surface area (Å²) in [5.41, 5.74) is 5.37. The van der Waals surface area contributed by atoms with E-state index in [1.54, 1.807) is 6.07 Å². The third kappa shape index (κ3) is 2.83. The summed E-state index contributed by atoms with van der Waals surface area (Å²) >= 11 is 0. The molecule has 9 heteroatoms. The molecule has 2 unspecified atom stereocenters. The Morgan fingerprint density at radius 3 is 2.35 bits per heavy atom. The molecule has 0 radical (unpaired) electrons. The number of nitrogens with two attached hydrogens (primary N) is 1. The van der Waals surface area contributed by atoms with Gasteiger partial charge in [0.25, 0.3) is 5.91 Å². The zero-order chi connectivity index (χ0) is 18.5. The van der Waals surface area contributed by atoms with E-state index in [0.717, 1.165) is 12.5 Å². The number of carbonyl (C=O) groups excluding carboxylic acids is 1. The second-order valence-corrected chi connectivity index (χ2v) is 6.53. The maximum atomic E-state index is 12.9. The molecule has 2 saturated heterocycles. The van der Waals surface area contributed by atoms with Crippen LogP contribution >= 0.6 is 0 Å². The molecule has 1 aromatic carbocycles. The summed E-state index contributed by atoms with van der Waals surface area (Å²) in [4.78, 5) is 23.5. The number of hydrogen-bond donors (Lipinski definition) is 1. The van der Waals surface area contributed by atoms with Crippen molar-refractivity contribution in [1.29, 1.82) is 0 Å². The van der Waals surface area contributed by atoms with Gasteiger partial charge >= 0.3 is 6.18 Å². The maximum absolute atomic E-state index is 12.9. The van der Waals surface area contributed by atoms with Crippen molar-refractivity contribution in [2.45, 2.75) is 24.7 Å². The fourth-order valence-electron chi connectivity index (χ4n) is 3.69. The van der Waals surface area contributed by atoms with E-state index < -0.39 is 17.6 Å². The number of benzene rings is 1. The minimum Gasteiger partial charge on any atom is -0.366 e. The van der Waals surface area contributed by atoms with Crippen LogP contribution in [0, 0.1) is 0 Å². The van der Waals surface area contributed by atoms with E-state index in [-0.39, 0.29) is 17.6 Å². The number of aromatic nitrogens is 2. The number of fused-ring (bicyclic) bond motifs is 2. The summed E-state index contributed by atoms with van der Waals surface area (Å²) in [6, 6.07) is 5.64. The van der Waals surface area contributed by atoms with Gasteiger partial charge in [0.15, 0.2) is 0 Å². The van der Waals surface area contributed by atoms with Gasteiger partial charge in [-0.15, -0.1) is 0 Å². The first-order valence-electron chi connectivity index (χ1n) is 8.15. The monoisotopic (exact) mass is 363 g/mol. The number of amides is 1. The molecule has 136 valence electrons. The molecule has 3 heterocycles. The molecule has 0 saturated carbocycles. The fraction of sp³-hybridized carbons (Fsp3) is 0.353. The molecule has 2 aliphatic rings. The van der Waals surface area contributed by atoms with Crippen LogP contribution in [0.15, 0.2) is 36.7 Å². The van der Waals surface area contributed by atoms with E-state index in [1.165, 1.54) is 24.5 Å². The third-order valence-electron chi connectivity index (χ3n) is 4.93. The van der Waals surface area contributed by atoms with Crippen LogP contribution in [-0.4, -0.2) is 41.0 Å². The van der Waals surface area contributed by atoms with Gasteiger partial charge in [-0.25, -0.2) is 9.97 Å². The molecule has 4 rings (SSSR count). The van der Waals surface area contributed by atoms with Crippen LogP contribution in [-0.2, 0) is 6.18 Å². The van der Waals surface area contributed by atoms with Crippen molar-refractivity contribution >= 4 is 17.5 Å².